The fraction of sp³-hybridized carbons (Fsp3) is 0.857. The van der Waals surface area contributed by atoms with E-state index in [1.54, 1.807) is 0 Å². The molecule has 22 heavy (non-hydrogen) atoms. The maximum atomic E-state index is 11.6. The monoisotopic (exact) mass is 316 g/mol. The number of nitrogens with one attached hydrogen (secondary N) is 2. The van der Waals surface area contributed by atoms with Gasteiger partial charge in [0, 0.05) is 13.1 Å². The highest BCUT2D eigenvalue weighted by Crippen LogP contribution is 2.30. The molecule has 2 aliphatic rings. The molecular weight excluding hydrogens is 292 g/mol. The third-order valence-electron chi connectivity index (χ3n) is 3.52. The van der Waals surface area contributed by atoms with Crippen molar-refractivity contribution in [1.29, 1.82) is 0 Å². The number of rotatable bonds is 6. The Morgan fingerprint density at radius 2 is 1.32 bits per heavy atom. The lowest BCUT2D eigenvalue weighted by molar-refractivity contribution is -0.0118. The second-order valence-corrected chi connectivity index (χ2v) is 5.34. The first-order chi connectivity index (χ1) is 10.7. The Labute approximate surface area is 129 Å². The van der Waals surface area contributed by atoms with Crippen LogP contribution >= 0.6 is 0 Å². The van der Waals surface area contributed by atoms with Crippen molar-refractivity contribution in [2.75, 3.05) is 26.3 Å². The predicted molar refractivity (Wildman–Crippen MR) is 76.6 cm³/mol. The van der Waals surface area contributed by atoms with Crippen LogP contribution in [0.15, 0.2) is 0 Å². The first-order valence-electron chi connectivity index (χ1n) is 7.77. The van der Waals surface area contributed by atoms with Crippen LogP contribution in [-0.4, -0.2) is 62.9 Å². The minimum absolute atomic E-state index is 0.241. The van der Waals surface area contributed by atoms with Gasteiger partial charge in [-0.25, -0.2) is 9.59 Å². The molecule has 2 amide bonds. The molecule has 2 heterocycles. The Morgan fingerprint density at radius 3 is 1.68 bits per heavy atom. The number of alkyl carbamates (subject to hydrolysis) is 2. The van der Waals surface area contributed by atoms with Gasteiger partial charge in [-0.05, 0) is 12.8 Å². The van der Waals surface area contributed by atoms with E-state index in [1.807, 2.05) is 13.8 Å². The van der Waals surface area contributed by atoms with Gasteiger partial charge in [0.05, 0.1) is 13.2 Å². The summed E-state index contributed by atoms with van der Waals surface area (Å²) in [5, 5.41) is 5.28. The molecule has 4 atom stereocenters. The van der Waals surface area contributed by atoms with E-state index in [9.17, 15) is 9.59 Å². The van der Waals surface area contributed by atoms with Crippen molar-refractivity contribution in [3.63, 3.8) is 0 Å². The van der Waals surface area contributed by atoms with E-state index in [1.165, 1.54) is 0 Å². The van der Waals surface area contributed by atoms with Crippen molar-refractivity contribution >= 4 is 12.2 Å². The van der Waals surface area contributed by atoms with Gasteiger partial charge in [-0.1, -0.05) is 13.8 Å². The summed E-state index contributed by atoms with van der Waals surface area (Å²) in [6, 6.07) is 0. The first-order valence-corrected chi connectivity index (χ1v) is 7.77. The Balaban J connectivity index is 1.78. The summed E-state index contributed by atoms with van der Waals surface area (Å²) in [4.78, 5) is 23.2. The summed E-state index contributed by atoms with van der Waals surface area (Å²) in [5.74, 6) is 0. The third-order valence-corrected chi connectivity index (χ3v) is 3.52. The highest BCUT2D eigenvalue weighted by atomic mass is 16.7. The van der Waals surface area contributed by atoms with Crippen LogP contribution in [0.1, 0.15) is 26.7 Å². The molecular formula is C14H24N2O6. The van der Waals surface area contributed by atoms with Crippen LogP contribution in [-0.2, 0) is 18.9 Å². The van der Waals surface area contributed by atoms with Gasteiger partial charge in [0.25, 0.3) is 0 Å². The molecule has 8 heteroatoms. The van der Waals surface area contributed by atoms with Gasteiger partial charge in [-0.2, -0.15) is 0 Å². The van der Waals surface area contributed by atoms with Crippen LogP contribution in [0.2, 0.25) is 0 Å². The van der Waals surface area contributed by atoms with Crippen LogP contribution in [0.4, 0.5) is 9.59 Å². The molecule has 2 rings (SSSR count). The quantitative estimate of drug-likeness (QED) is 0.752. The highest BCUT2D eigenvalue weighted by molar-refractivity contribution is 5.68. The summed E-state index contributed by atoms with van der Waals surface area (Å²) in [5.41, 5.74) is 0. The molecule has 2 fully saturated rings. The molecule has 2 N–H and O–H groups in total. The van der Waals surface area contributed by atoms with E-state index in [4.69, 9.17) is 18.9 Å². The normalized spacial score (nSPS) is 29.7. The van der Waals surface area contributed by atoms with Crippen LogP contribution < -0.4 is 10.6 Å². The van der Waals surface area contributed by atoms with Crippen LogP contribution in [0.3, 0.4) is 0 Å². The van der Waals surface area contributed by atoms with Gasteiger partial charge in [-0.3, -0.25) is 0 Å². The Kier molecular flexibility index (Phi) is 6.26. The first kappa shape index (κ1) is 16.8. The lowest BCUT2D eigenvalue weighted by Gasteiger charge is -2.17. The number of amides is 2. The lowest BCUT2D eigenvalue weighted by atomic mass is 10.1. The molecule has 0 bridgehead atoms. The Morgan fingerprint density at radius 1 is 0.909 bits per heavy atom. The molecule has 8 nitrogen and oxygen atoms in total. The average molecular weight is 316 g/mol. The molecule has 2 aliphatic heterocycles. The number of carbonyl (C=O) groups excluding carboxylic acids is 2. The molecule has 0 aromatic heterocycles. The second kappa shape index (κ2) is 8.19. The van der Waals surface area contributed by atoms with Crippen molar-refractivity contribution in [2.24, 2.45) is 0 Å². The fourth-order valence-electron chi connectivity index (χ4n) is 2.44. The van der Waals surface area contributed by atoms with E-state index in [0.717, 1.165) is 12.8 Å². The summed E-state index contributed by atoms with van der Waals surface area (Å²) in [7, 11) is 0. The number of fused-ring (bicyclic) bond motifs is 1. The van der Waals surface area contributed by atoms with Gasteiger partial charge in [-0.15, -0.1) is 0 Å². The van der Waals surface area contributed by atoms with Crippen molar-refractivity contribution in [1.82, 2.24) is 10.6 Å². The standard InChI is InChI=1S/C14H24N2O6/c1-3-5-15-13(17)21-9-7-19-12-10(8-20-11(9)12)22-14(18)16-6-4-2/h9-12H,3-8H2,1-2H3,(H,15,17)(H,16,18). The van der Waals surface area contributed by atoms with Gasteiger partial charge in [0.15, 0.2) is 12.2 Å². The average Bonchev–Trinajstić information content (AvgIpc) is 3.07. The zero-order valence-corrected chi connectivity index (χ0v) is 13.0. The topological polar surface area (TPSA) is 95.1 Å². The third kappa shape index (κ3) is 4.23. The van der Waals surface area contributed by atoms with Crippen molar-refractivity contribution in [3.05, 3.63) is 0 Å². The van der Waals surface area contributed by atoms with Gasteiger partial charge in [0.2, 0.25) is 0 Å². The van der Waals surface area contributed by atoms with E-state index < -0.39 is 36.6 Å². The summed E-state index contributed by atoms with van der Waals surface area (Å²) < 4.78 is 21.7. The molecule has 2 saturated heterocycles. The Hall–Kier alpha value is -1.54. The van der Waals surface area contributed by atoms with E-state index >= 15 is 0 Å². The van der Waals surface area contributed by atoms with Crippen LogP contribution in [0.5, 0.6) is 0 Å². The van der Waals surface area contributed by atoms with Crippen LogP contribution in [0, 0.1) is 0 Å². The summed E-state index contributed by atoms with van der Waals surface area (Å²) >= 11 is 0. The molecule has 0 saturated carbocycles. The SMILES string of the molecule is CCCNC(=O)OC1COC2C(OC(=O)NCCC)COC12. The maximum Gasteiger partial charge on any atom is 0.407 e. The minimum atomic E-state index is -0.482. The molecule has 0 spiro atoms. The minimum Gasteiger partial charge on any atom is -0.441 e. The lowest BCUT2D eigenvalue weighted by Crippen LogP contribution is -2.39. The largest absolute Gasteiger partial charge is 0.441 e. The zero-order chi connectivity index (χ0) is 15.9. The molecule has 4 unspecified atom stereocenters. The van der Waals surface area contributed by atoms with Crippen molar-refractivity contribution in [3.8, 4) is 0 Å². The number of hydrogen-bond donors (Lipinski definition) is 2. The molecule has 0 aliphatic carbocycles. The second-order valence-electron chi connectivity index (χ2n) is 5.34. The van der Waals surface area contributed by atoms with Gasteiger partial charge < -0.3 is 29.6 Å². The summed E-state index contributed by atoms with van der Waals surface area (Å²) in [6.45, 7) is 5.52. The summed E-state index contributed by atoms with van der Waals surface area (Å²) in [6.07, 6.45) is -1.03. The predicted octanol–water partition coefficient (Wildman–Crippen LogP) is 0.794. The van der Waals surface area contributed by atoms with Crippen molar-refractivity contribution < 1.29 is 28.5 Å². The van der Waals surface area contributed by atoms with Gasteiger partial charge in [0.1, 0.15) is 12.2 Å². The zero-order valence-electron chi connectivity index (χ0n) is 13.0. The van der Waals surface area contributed by atoms with Gasteiger partial charge >= 0.3 is 12.2 Å². The van der Waals surface area contributed by atoms with Crippen LogP contribution in [0.25, 0.3) is 0 Å². The smallest absolute Gasteiger partial charge is 0.407 e. The van der Waals surface area contributed by atoms with E-state index in [2.05, 4.69) is 10.6 Å². The Bertz CT molecular complexity index is 356. The van der Waals surface area contributed by atoms with E-state index in [0.29, 0.717) is 13.1 Å². The van der Waals surface area contributed by atoms with Crippen molar-refractivity contribution in [2.45, 2.75) is 51.1 Å². The van der Waals surface area contributed by atoms with E-state index in [-0.39, 0.29) is 13.2 Å². The number of carbonyl (C=O) groups is 2. The maximum absolute atomic E-state index is 11.6. The number of hydrogen-bond acceptors (Lipinski definition) is 6. The fourth-order valence-corrected chi connectivity index (χ4v) is 2.44. The number of ether oxygens (including phenoxy) is 4. The molecule has 0 radical (unpaired) electrons. The molecule has 0 aromatic carbocycles. The molecule has 126 valence electrons. The highest BCUT2D eigenvalue weighted by Gasteiger charge is 2.51. The molecule has 0 aromatic rings.